The summed E-state index contributed by atoms with van der Waals surface area (Å²) in [5.74, 6) is -0.387. The van der Waals surface area contributed by atoms with Crippen LogP contribution < -0.4 is 5.06 Å². The summed E-state index contributed by atoms with van der Waals surface area (Å²) in [6.45, 7) is 0. The van der Waals surface area contributed by atoms with E-state index in [9.17, 15) is 10.0 Å². The number of benzene rings is 2. The zero-order valence-electron chi connectivity index (χ0n) is 11.7. The molecule has 1 N–H and O–H groups in total. The van der Waals surface area contributed by atoms with Gasteiger partial charge in [0.2, 0.25) is 0 Å². The lowest BCUT2D eigenvalue weighted by Crippen LogP contribution is -2.08. The van der Waals surface area contributed by atoms with E-state index < -0.39 is 0 Å². The number of carbonyl (C=O) groups excluding carboxylic acids is 1. The van der Waals surface area contributed by atoms with Crippen LogP contribution >= 0.6 is 0 Å². The topological polar surface area (TPSA) is 74.5 Å². The second-order valence-corrected chi connectivity index (χ2v) is 4.28. The molecule has 0 heterocycles. The number of azo groups is 1. The van der Waals surface area contributed by atoms with Crippen LogP contribution in [-0.2, 0) is 4.74 Å². The maximum absolute atomic E-state index is 11.3. The van der Waals surface area contributed by atoms with Gasteiger partial charge >= 0.3 is 5.97 Å². The first kappa shape index (κ1) is 14.7. The van der Waals surface area contributed by atoms with Crippen LogP contribution in [0, 0.1) is 0 Å². The molecule has 0 atom stereocenters. The van der Waals surface area contributed by atoms with E-state index in [0.29, 0.717) is 22.6 Å². The molecule has 0 aromatic heterocycles. The highest BCUT2D eigenvalue weighted by Gasteiger charge is 2.03. The molecule has 0 unspecified atom stereocenters. The maximum atomic E-state index is 11.3. The minimum absolute atomic E-state index is 0.387. The molecule has 0 aliphatic rings. The number of methoxy groups -OCH3 is 1. The molecule has 0 fully saturated rings. The van der Waals surface area contributed by atoms with Crippen LogP contribution in [0.1, 0.15) is 10.4 Å². The molecule has 0 saturated heterocycles. The van der Waals surface area contributed by atoms with Crippen LogP contribution in [0.15, 0.2) is 58.8 Å². The van der Waals surface area contributed by atoms with Gasteiger partial charge in [0.15, 0.2) is 0 Å². The maximum Gasteiger partial charge on any atom is 0.337 e. The van der Waals surface area contributed by atoms with Gasteiger partial charge in [-0.25, -0.2) is 4.79 Å². The highest BCUT2D eigenvalue weighted by Crippen LogP contribution is 2.21. The lowest BCUT2D eigenvalue weighted by atomic mass is 10.2. The Morgan fingerprint density at radius 3 is 1.90 bits per heavy atom. The average molecular weight is 285 g/mol. The van der Waals surface area contributed by atoms with E-state index in [1.54, 1.807) is 55.6 Å². The minimum atomic E-state index is -0.387. The molecule has 0 radical (unpaired) electrons. The summed E-state index contributed by atoms with van der Waals surface area (Å²) >= 11 is 0. The van der Waals surface area contributed by atoms with E-state index >= 15 is 0 Å². The third-order valence-corrected chi connectivity index (χ3v) is 2.79. The SMILES string of the molecule is COC(=O)c1ccc(N=Nc2ccc(N(C)O)cc2)cc1. The third-order valence-electron chi connectivity index (χ3n) is 2.79. The normalized spacial score (nSPS) is 10.6. The van der Waals surface area contributed by atoms with Gasteiger partial charge in [-0.2, -0.15) is 10.2 Å². The van der Waals surface area contributed by atoms with Crippen molar-refractivity contribution in [3.8, 4) is 0 Å². The van der Waals surface area contributed by atoms with Crippen LogP contribution in [0.25, 0.3) is 0 Å². The minimum Gasteiger partial charge on any atom is -0.465 e. The molecule has 108 valence electrons. The summed E-state index contributed by atoms with van der Waals surface area (Å²) in [6.07, 6.45) is 0. The Morgan fingerprint density at radius 2 is 1.48 bits per heavy atom. The summed E-state index contributed by atoms with van der Waals surface area (Å²) in [4.78, 5) is 11.3. The second kappa shape index (κ2) is 6.62. The van der Waals surface area contributed by atoms with Crippen LogP contribution in [0.2, 0.25) is 0 Å². The molecule has 0 aliphatic heterocycles. The molecule has 0 spiro atoms. The summed E-state index contributed by atoms with van der Waals surface area (Å²) in [7, 11) is 2.88. The Kier molecular flexibility index (Phi) is 4.63. The lowest BCUT2D eigenvalue weighted by Gasteiger charge is -2.09. The fourth-order valence-electron chi connectivity index (χ4n) is 1.63. The zero-order chi connectivity index (χ0) is 15.2. The molecule has 0 bridgehead atoms. The Bertz CT molecular complexity index is 634. The average Bonchev–Trinajstić information content (AvgIpc) is 2.53. The highest BCUT2D eigenvalue weighted by atomic mass is 16.5. The van der Waals surface area contributed by atoms with Gasteiger partial charge in [0.25, 0.3) is 0 Å². The Balaban J connectivity index is 2.08. The van der Waals surface area contributed by atoms with Crippen molar-refractivity contribution >= 4 is 23.0 Å². The van der Waals surface area contributed by atoms with Gasteiger partial charge in [-0.05, 0) is 48.5 Å². The van der Waals surface area contributed by atoms with Crippen molar-refractivity contribution in [3.63, 3.8) is 0 Å². The van der Waals surface area contributed by atoms with E-state index in [1.165, 1.54) is 7.11 Å². The smallest absolute Gasteiger partial charge is 0.337 e. The fourth-order valence-corrected chi connectivity index (χ4v) is 1.63. The summed E-state index contributed by atoms with van der Waals surface area (Å²) in [5, 5.41) is 18.4. The monoisotopic (exact) mass is 285 g/mol. The van der Waals surface area contributed by atoms with Crippen LogP contribution in [-0.4, -0.2) is 25.3 Å². The van der Waals surface area contributed by atoms with Crippen molar-refractivity contribution in [2.75, 3.05) is 19.2 Å². The van der Waals surface area contributed by atoms with Gasteiger partial charge in [0, 0.05) is 7.05 Å². The Morgan fingerprint density at radius 1 is 1.00 bits per heavy atom. The first-order valence-corrected chi connectivity index (χ1v) is 6.23. The number of anilines is 1. The lowest BCUT2D eigenvalue weighted by molar-refractivity contribution is 0.0601. The van der Waals surface area contributed by atoms with Gasteiger partial charge in [-0.3, -0.25) is 10.3 Å². The molecule has 0 amide bonds. The highest BCUT2D eigenvalue weighted by molar-refractivity contribution is 5.89. The third kappa shape index (κ3) is 3.87. The van der Waals surface area contributed by atoms with Crippen molar-refractivity contribution in [2.45, 2.75) is 0 Å². The van der Waals surface area contributed by atoms with E-state index in [1.807, 2.05) is 0 Å². The first-order chi connectivity index (χ1) is 10.1. The zero-order valence-corrected chi connectivity index (χ0v) is 11.7. The fraction of sp³-hybridized carbons (Fsp3) is 0.133. The van der Waals surface area contributed by atoms with Gasteiger partial charge in [0.1, 0.15) is 0 Å². The standard InChI is InChI=1S/C15H15N3O3/c1-18(20)14-9-7-13(8-10-14)17-16-12-5-3-11(4-6-12)15(19)21-2/h3-10,20H,1-2H3. The molecule has 2 aromatic carbocycles. The Hall–Kier alpha value is -2.73. The summed E-state index contributed by atoms with van der Waals surface area (Å²) in [5.41, 5.74) is 2.42. The van der Waals surface area contributed by atoms with Gasteiger partial charge in [-0.1, -0.05) is 0 Å². The molecule has 2 rings (SSSR count). The molecule has 2 aromatic rings. The van der Waals surface area contributed by atoms with Gasteiger partial charge in [-0.15, -0.1) is 0 Å². The molecule has 21 heavy (non-hydrogen) atoms. The van der Waals surface area contributed by atoms with Crippen molar-refractivity contribution in [3.05, 3.63) is 54.1 Å². The van der Waals surface area contributed by atoms with E-state index in [2.05, 4.69) is 15.0 Å². The molecular formula is C15H15N3O3. The number of nitrogens with zero attached hydrogens (tertiary/aromatic N) is 3. The van der Waals surface area contributed by atoms with E-state index in [-0.39, 0.29) is 5.97 Å². The van der Waals surface area contributed by atoms with Crippen LogP contribution in [0.4, 0.5) is 17.1 Å². The molecule has 6 heteroatoms. The number of hydrogen-bond donors (Lipinski definition) is 1. The van der Waals surface area contributed by atoms with Crippen LogP contribution in [0.5, 0.6) is 0 Å². The summed E-state index contributed by atoms with van der Waals surface area (Å²) in [6, 6.07) is 13.6. The second-order valence-electron chi connectivity index (χ2n) is 4.28. The van der Waals surface area contributed by atoms with Gasteiger partial charge < -0.3 is 4.74 Å². The van der Waals surface area contributed by atoms with E-state index in [4.69, 9.17) is 0 Å². The number of ether oxygens (including phenoxy) is 1. The molecule has 0 aliphatic carbocycles. The predicted octanol–water partition coefficient (Wildman–Crippen LogP) is 3.71. The van der Waals surface area contributed by atoms with Crippen molar-refractivity contribution in [1.29, 1.82) is 0 Å². The number of carbonyl (C=O) groups is 1. The summed E-state index contributed by atoms with van der Waals surface area (Å²) < 4.78 is 4.62. The number of hydroxylamine groups is 1. The van der Waals surface area contributed by atoms with Crippen molar-refractivity contribution in [2.24, 2.45) is 10.2 Å². The van der Waals surface area contributed by atoms with Crippen molar-refractivity contribution in [1.82, 2.24) is 0 Å². The largest absolute Gasteiger partial charge is 0.465 e. The van der Waals surface area contributed by atoms with Crippen molar-refractivity contribution < 1.29 is 14.7 Å². The number of hydrogen-bond acceptors (Lipinski definition) is 6. The Labute approximate surface area is 122 Å². The van der Waals surface area contributed by atoms with Crippen LogP contribution in [0.3, 0.4) is 0 Å². The molecular weight excluding hydrogens is 270 g/mol. The quantitative estimate of drug-likeness (QED) is 0.528. The van der Waals surface area contributed by atoms with E-state index in [0.717, 1.165) is 5.06 Å². The molecule has 6 nitrogen and oxygen atoms in total. The number of rotatable bonds is 4. The predicted molar refractivity (Wildman–Crippen MR) is 78.6 cm³/mol. The number of esters is 1. The van der Waals surface area contributed by atoms with Gasteiger partial charge in [0.05, 0.1) is 29.7 Å². The molecule has 0 saturated carbocycles. The first-order valence-electron chi connectivity index (χ1n) is 6.23.